The molecule has 0 radical (unpaired) electrons. The van der Waals surface area contributed by atoms with Gasteiger partial charge in [0.2, 0.25) is 5.91 Å². The minimum atomic E-state index is -0.395. The number of aromatic nitrogens is 1. The number of amides is 2. The molecule has 2 aromatic carbocycles. The fraction of sp³-hybridized carbons (Fsp3) is 0.227. The minimum Gasteiger partial charge on any atom is -0.325 e. The first-order chi connectivity index (χ1) is 14.0. The molecule has 0 saturated carbocycles. The van der Waals surface area contributed by atoms with Crippen molar-refractivity contribution < 1.29 is 14.0 Å². The predicted molar refractivity (Wildman–Crippen MR) is 112 cm³/mol. The van der Waals surface area contributed by atoms with Crippen molar-refractivity contribution >= 4 is 34.0 Å². The monoisotopic (exact) mass is 409 g/mol. The summed E-state index contributed by atoms with van der Waals surface area (Å²) in [5.74, 6) is -1.16. The molecule has 5 nitrogen and oxygen atoms in total. The Balaban J connectivity index is 1.48. The maximum Gasteiger partial charge on any atom is 0.257 e. The minimum absolute atomic E-state index is 0.0774. The third kappa shape index (κ3) is 4.05. The van der Waals surface area contributed by atoms with E-state index in [0.29, 0.717) is 17.1 Å². The van der Waals surface area contributed by atoms with Crippen LogP contribution >= 0.6 is 11.3 Å². The number of para-hydroxylation sites is 1. The van der Waals surface area contributed by atoms with Crippen LogP contribution in [0, 0.1) is 5.82 Å². The van der Waals surface area contributed by atoms with E-state index in [2.05, 4.69) is 22.5 Å². The maximum atomic E-state index is 13.0. The maximum absolute atomic E-state index is 13.0. The first-order valence-corrected chi connectivity index (χ1v) is 10.3. The number of carbonyl (C=O) groups excluding carboxylic acids is 2. The van der Waals surface area contributed by atoms with Crippen LogP contribution in [0.2, 0.25) is 0 Å². The van der Waals surface area contributed by atoms with Crippen LogP contribution in [-0.4, -0.2) is 16.8 Å². The van der Waals surface area contributed by atoms with E-state index in [4.69, 9.17) is 0 Å². The fourth-order valence-corrected chi connectivity index (χ4v) is 4.51. The van der Waals surface area contributed by atoms with E-state index in [9.17, 15) is 14.0 Å². The highest BCUT2D eigenvalue weighted by Crippen LogP contribution is 2.39. The van der Waals surface area contributed by atoms with E-state index in [0.717, 1.165) is 34.7 Å². The zero-order chi connectivity index (χ0) is 20.4. The van der Waals surface area contributed by atoms with Crippen molar-refractivity contribution in [2.75, 3.05) is 10.6 Å². The molecule has 1 aliphatic rings. The molecule has 0 fully saturated rings. The summed E-state index contributed by atoms with van der Waals surface area (Å²) in [5.41, 5.74) is 3.00. The van der Waals surface area contributed by atoms with Gasteiger partial charge in [-0.05, 0) is 55.2 Å². The van der Waals surface area contributed by atoms with E-state index in [1.165, 1.54) is 35.6 Å². The molecular formula is C22H20FN3O2S. The van der Waals surface area contributed by atoms with Crippen LogP contribution in [0.5, 0.6) is 0 Å². The van der Waals surface area contributed by atoms with E-state index in [1.54, 1.807) is 0 Å². The summed E-state index contributed by atoms with van der Waals surface area (Å²) in [7, 11) is 0. The largest absolute Gasteiger partial charge is 0.325 e. The third-order valence-electron chi connectivity index (χ3n) is 5.02. The molecule has 2 amide bonds. The van der Waals surface area contributed by atoms with Crippen molar-refractivity contribution in [1.82, 2.24) is 4.98 Å². The number of aryl methyl sites for hydroxylation is 2. The summed E-state index contributed by atoms with van der Waals surface area (Å²) in [6.45, 7) is 2.05. The smallest absolute Gasteiger partial charge is 0.257 e. The van der Waals surface area contributed by atoms with Crippen molar-refractivity contribution in [3.63, 3.8) is 0 Å². The number of nitrogens with zero attached hydrogens (tertiary/aromatic N) is 1. The van der Waals surface area contributed by atoms with Gasteiger partial charge in [-0.3, -0.25) is 14.9 Å². The molecule has 1 heterocycles. The molecule has 1 aliphatic carbocycles. The molecule has 0 saturated heterocycles. The van der Waals surface area contributed by atoms with Gasteiger partial charge in [0.25, 0.3) is 5.91 Å². The van der Waals surface area contributed by atoms with Crippen molar-refractivity contribution in [3.8, 4) is 0 Å². The number of thiazole rings is 1. The number of halogens is 1. The SMILES string of the molecule is CCc1ccccc1NC(=O)C1CCc2sc(NC(=O)c3ccc(F)cc3)nc21. The number of carbonyl (C=O) groups is 2. The van der Waals surface area contributed by atoms with Gasteiger partial charge in [-0.25, -0.2) is 9.37 Å². The Hall–Kier alpha value is -3.06. The molecule has 7 heteroatoms. The standard InChI is InChI=1S/C22H20FN3O2S/c1-2-13-5-3-4-6-17(13)24-21(28)16-11-12-18-19(16)25-22(29-18)26-20(27)14-7-9-15(23)10-8-14/h3-10,16H,2,11-12H2,1H3,(H,24,28)(H,25,26,27). The van der Waals surface area contributed by atoms with Crippen LogP contribution in [0.1, 0.15) is 45.8 Å². The van der Waals surface area contributed by atoms with Crippen LogP contribution in [0.4, 0.5) is 15.2 Å². The molecule has 1 atom stereocenters. The molecule has 148 valence electrons. The molecule has 4 rings (SSSR count). The summed E-state index contributed by atoms with van der Waals surface area (Å²) in [4.78, 5) is 30.7. The van der Waals surface area contributed by atoms with Crippen LogP contribution < -0.4 is 10.6 Å². The number of rotatable bonds is 5. The van der Waals surface area contributed by atoms with Crippen LogP contribution in [-0.2, 0) is 17.6 Å². The van der Waals surface area contributed by atoms with Gasteiger partial charge in [0.05, 0.1) is 11.6 Å². The molecule has 29 heavy (non-hydrogen) atoms. The average molecular weight is 409 g/mol. The number of anilines is 2. The Morgan fingerprint density at radius 2 is 1.90 bits per heavy atom. The lowest BCUT2D eigenvalue weighted by molar-refractivity contribution is -0.117. The van der Waals surface area contributed by atoms with Gasteiger partial charge in [-0.2, -0.15) is 0 Å². The molecule has 1 unspecified atom stereocenters. The predicted octanol–water partition coefficient (Wildman–Crippen LogP) is 4.77. The zero-order valence-corrected chi connectivity index (χ0v) is 16.7. The molecule has 2 N–H and O–H groups in total. The second kappa shape index (κ2) is 8.13. The summed E-state index contributed by atoms with van der Waals surface area (Å²) >= 11 is 1.39. The van der Waals surface area contributed by atoms with E-state index >= 15 is 0 Å². The number of hydrogen-bond acceptors (Lipinski definition) is 4. The first-order valence-electron chi connectivity index (χ1n) is 9.50. The van der Waals surface area contributed by atoms with Gasteiger partial charge in [0.15, 0.2) is 5.13 Å². The lowest BCUT2D eigenvalue weighted by Crippen LogP contribution is -2.20. The average Bonchev–Trinajstić information content (AvgIpc) is 3.29. The van der Waals surface area contributed by atoms with E-state index in [1.807, 2.05) is 24.3 Å². The van der Waals surface area contributed by atoms with Crippen molar-refractivity contribution in [3.05, 3.63) is 76.0 Å². The molecule has 1 aromatic heterocycles. The Kier molecular flexibility index (Phi) is 5.40. The van der Waals surface area contributed by atoms with Crippen LogP contribution in [0.3, 0.4) is 0 Å². The lowest BCUT2D eigenvalue weighted by atomic mass is 10.1. The zero-order valence-electron chi connectivity index (χ0n) is 15.9. The van der Waals surface area contributed by atoms with Gasteiger partial charge >= 0.3 is 0 Å². The first kappa shape index (κ1) is 19.3. The number of fused-ring (bicyclic) bond motifs is 1. The second-order valence-corrected chi connectivity index (χ2v) is 7.96. The summed E-state index contributed by atoms with van der Waals surface area (Å²) in [5, 5.41) is 6.23. The second-order valence-electron chi connectivity index (χ2n) is 6.88. The van der Waals surface area contributed by atoms with Crippen molar-refractivity contribution in [2.45, 2.75) is 32.1 Å². The van der Waals surface area contributed by atoms with E-state index < -0.39 is 5.82 Å². The summed E-state index contributed by atoms with van der Waals surface area (Å²) in [6, 6.07) is 13.1. The molecular weight excluding hydrogens is 389 g/mol. The van der Waals surface area contributed by atoms with Gasteiger partial charge in [-0.1, -0.05) is 25.1 Å². The third-order valence-corrected chi connectivity index (χ3v) is 6.06. The van der Waals surface area contributed by atoms with Gasteiger partial charge in [0.1, 0.15) is 5.82 Å². The van der Waals surface area contributed by atoms with Gasteiger partial charge < -0.3 is 5.32 Å². The number of hydrogen-bond donors (Lipinski definition) is 2. The quantitative estimate of drug-likeness (QED) is 0.638. The molecule has 0 spiro atoms. The highest BCUT2D eigenvalue weighted by atomic mass is 32.1. The molecule has 3 aromatic rings. The number of benzene rings is 2. The number of nitrogens with one attached hydrogen (secondary N) is 2. The normalized spacial score (nSPS) is 15.0. The topological polar surface area (TPSA) is 71.1 Å². The van der Waals surface area contributed by atoms with Gasteiger partial charge in [0, 0.05) is 16.1 Å². The van der Waals surface area contributed by atoms with Crippen molar-refractivity contribution in [2.24, 2.45) is 0 Å². The fourth-order valence-electron chi connectivity index (χ4n) is 3.48. The Labute approximate surface area is 172 Å². The summed E-state index contributed by atoms with van der Waals surface area (Å²) in [6.07, 6.45) is 2.30. The van der Waals surface area contributed by atoms with Crippen LogP contribution in [0.25, 0.3) is 0 Å². The van der Waals surface area contributed by atoms with E-state index in [-0.39, 0.29) is 17.7 Å². The Bertz CT molecular complexity index is 1060. The van der Waals surface area contributed by atoms with Crippen molar-refractivity contribution in [1.29, 1.82) is 0 Å². The highest BCUT2D eigenvalue weighted by molar-refractivity contribution is 7.16. The summed E-state index contributed by atoms with van der Waals surface area (Å²) < 4.78 is 13.0. The molecule has 0 bridgehead atoms. The highest BCUT2D eigenvalue weighted by Gasteiger charge is 2.33. The van der Waals surface area contributed by atoms with Crippen LogP contribution in [0.15, 0.2) is 48.5 Å². The Morgan fingerprint density at radius 1 is 1.14 bits per heavy atom. The molecule has 0 aliphatic heterocycles. The lowest BCUT2D eigenvalue weighted by Gasteiger charge is -2.13. The Morgan fingerprint density at radius 3 is 2.66 bits per heavy atom. The van der Waals surface area contributed by atoms with Gasteiger partial charge in [-0.15, -0.1) is 11.3 Å².